The number of hydrogen-bond donors (Lipinski definition) is 1. The number of benzene rings is 1. The Morgan fingerprint density at radius 2 is 1.72 bits per heavy atom. The fourth-order valence-corrected chi connectivity index (χ4v) is 5.15. The first kappa shape index (κ1) is 26.2. The fraction of sp³-hybridized carbons (Fsp3) is 0.480. The number of hydrogen-bond acceptors (Lipinski definition) is 5. The second-order valence-electron chi connectivity index (χ2n) is 9.32. The molecule has 0 aliphatic carbocycles. The Morgan fingerprint density at radius 3 is 2.39 bits per heavy atom. The van der Waals surface area contributed by atoms with Gasteiger partial charge in [-0.25, -0.2) is 0 Å². The molecule has 9 nitrogen and oxygen atoms in total. The van der Waals surface area contributed by atoms with Crippen molar-refractivity contribution in [2.45, 2.75) is 37.6 Å². The Morgan fingerprint density at radius 1 is 0.972 bits per heavy atom. The summed E-state index contributed by atoms with van der Waals surface area (Å²) in [5.41, 5.74) is -0.0779. The number of piperidine rings is 1. The van der Waals surface area contributed by atoms with Crippen LogP contribution < -0.4 is 5.32 Å². The van der Waals surface area contributed by atoms with Gasteiger partial charge in [0.15, 0.2) is 5.78 Å². The van der Waals surface area contributed by atoms with E-state index in [1.165, 1.54) is 6.08 Å². The third-order valence-corrected chi connectivity index (χ3v) is 7.80. The Kier molecular flexibility index (Phi) is 8.00. The third kappa shape index (κ3) is 5.90. The molecule has 3 heterocycles. The molecule has 3 aliphatic rings. The summed E-state index contributed by atoms with van der Waals surface area (Å²) in [7, 11) is 0. The van der Waals surface area contributed by atoms with Gasteiger partial charge in [0.1, 0.15) is 5.54 Å². The lowest BCUT2D eigenvalue weighted by atomic mass is 9.85. The van der Waals surface area contributed by atoms with Gasteiger partial charge in [0.05, 0.1) is 16.5 Å². The van der Waals surface area contributed by atoms with Gasteiger partial charge in [0.25, 0.3) is 0 Å². The number of carbonyl (C=O) groups is 5. The van der Waals surface area contributed by atoms with Crippen molar-refractivity contribution in [3.05, 3.63) is 39.9 Å². The minimum absolute atomic E-state index is 0.0869. The molecule has 3 aliphatic heterocycles. The zero-order valence-corrected chi connectivity index (χ0v) is 21.3. The zero-order chi connectivity index (χ0) is 25.9. The van der Waals surface area contributed by atoms with Crippen LogP contribution in [-0.2, 0) is 24.0 Å². The largest absolute Gasteiger partial charge is 0.343 e. The Labute approximate surface area is 219 Å². The van der Waals surface area contributed by atoms with E-state index in [1.54, 1.807) is 39.0 Å². The molecule has 1 aromatic carbocycles. The molecule has 0 radical (unpaired) electrons. The second-order valence-corrected chi connectivity index (χ2v) is 10.1. The average Bonchev–Trinajstić information content (AvgIpc) is 3.00. The van der Waals surface area contributed by atoms with E-state index in [1.807, 2.05) is 0 Å². The van der Waals surface area contributed by atoms with E-state index in [0.717, 1.165) is 5.56 Å². The van der Waals surface area contributed by atoms with Gasteiger partial charge in [-0.05, 0) is 36.6 Å². The van der Waals surface area contributed by atoms with Crippen LogP contribution in [0, 0.1) is 0 Å². The smallest absolute Gasteiger partial charge is 0.246 e. The summed E-state index contributed by atoms with van der Waals surface area (Å²) in [5.74, 6) is -0.736. The lowest BCUT2D eigenvalue weighted by molar-refractivity contribution is -0.137. The van der Waals surface area contributed by atoms with Gasteiger partial charge in [-0.1, -0.05) is 29.3 Å². The summed E-state index contributed by atoms with van der Waals surface area (Å²) in [5, 5.41) is 3.62. The topological polar surface area (TPSA) is 107 Å². The fourth-order valence-electron chi connectivity index (χ4n) is 4.84. The van der Waals surface area contributed by atoms with Crippen molar-refractivity contribution >= 4 is 58.7 Å². The first-order valence-electron chi connectivity index (χ1n) is 12.0. The molecular weight excluding hydrogens is 507 g/mol. The standard InChI is InChI=1S/C25H28Cl2N4O5/c26-18-3-1-17(15-19(18)27)2-4-22(34)29-9-5-23(35)30(14-13-29)10-6-24(36)31-11-7-25(8-12-31)20(32)16-21(33)28-25/h1-4,15H,5-14,16H2,(H,28,33)/b4-2+. The lowest BCUT2D eigenvalue weighted by Gasteiger charge is -2.38. The summed E-state index contributed by atoms with van der Waals surface area (Å²) in [6.07, 6.45) is 4.21. The van der Waals surface area contributed by atoms with Crippen molar-refractivity contribution in [1.82, 2.24) is 20.0 Å². The van der Waals surface area contributed by atoms with E-state index >= 15 is 0 Å². The summed E-state index contributed by atoms with van der Waals surface area (Å²) >= 11 is 11.9. The Balaban J connectivity index is 1.24. The van der Waals surface area contributed by atoms with Crippen LogP contribution in [0.3, 0.4) is 0 Å². The molecule has 0 aromatic heterocycles. The number of likely N-dealkylation sites (tertiary alicyclic amines) is 1. The Bertz CT molecular complexity index is 1110. The predicted molar refractivity (Wildman–Crippen MR) is 134 cm³/mol. The van der Waals surface area contributed by atoms with Crippen LogP contribution in [0.5, 0.6) is 0 Å². The summed E-state index contributed by atoms with van der Waals surface area (Å²) in [6.45, 7) is 2.09. The summed E-state index contributed by atoms with van der Waals surface area (Å²) in [6, 6.07) is 5.08. The van der Waals surface area contributed by atoms with Crippen LogP contribution in [0.15, 0.2) is 24.3 Å². The highest BCUT2D eigenvalue weighted by Crippen LogP contribution is 2.29. The van der Waals surface area contributed by atoms with Crippen molar-refractivity contribution in [1.29, 1.82) is 0 Å². The SMILES string of the molecule is O=C1CC(=O)C2(CCN(C(=O)CCN3CCN(C(=O)/C=C/c4ccc(Cl)c(Cl)c4)CCC3=O)CC2)N1. The first-order chi connectivity index (χ1) is 17.2. The van der Waals surface area contributed by atoms with E-state index in [2.05, 4.69) is 5.32 Å². The number of halogens is 2. The molecule has 192 valence electrons. The number of nitrogens with one attached hydrogen (secondary N) is 1. The van der Waals surface area contributed by atoms with Crippen molar-refractivity contribution in [2.24, 2.45) is 0 Å². The van der Waals surface area contributed by atoms with Crippen LogP contribution in [0.25, 0.3) is 6.08 Å². The number of nitrogens with zero attached hydrogens (tertiary/aromatic N) is 3. The van der Waals surface area contributed by atoms with Crippen LogP contribution in [0.2, 0.25) is 10.0 Å². The minimum atomic E-state index is -0.821. The highest BCUT2D eigenvalue weighted by molar-refractivity contribution is 6.42. The molecular formula is C25H28Cl2N4O5. The summed E-state index contributed by atoms with van der Waals surface area (Å²) < 4.78 is 0. The highest BCUT2D eigenvalue weighted by Gasteiger charge is 2.47. The number of carbonyl (C=O) groups excluding carboxylic acids is 5. The van der Waals surface area contributed by atoms with E-state index in [0.29, 0.717) is 55.6 Å². The summed E-state index contributed by atoms with van der Waals surface area (Å²) in [4.78, 5) is 66.7. The first-order valence-corrected chi connectivity index (χ1v) is 12.7. The number of Topliss-reactive ketones (excluding diaryl/α,β-unsaturated/α-hetero) is 1. The number of ketones is 1. The van der Waals surface area contributed by atoms with Gasteiger partial charge in [0.2, 0.25) is 23.6 Å². The van der Waals surface area contributed by atoms with E-state index < -0.39 is 5.54 Å². The second kappa shape index (κ2) is 11.0. The van der Waals surface area contributed by atoms with Gasteiger partial charge in [-0.3, -0.25) is 24.0 Å². The van der Waals surface area contributed by atoms with Gasteiger partial charge >= 0.3 is 0 Å². The van der Waals surface area contributed by atoms with E-state index in [-0.39, 0.29) is 55.2 Å². The van der Waals surface area contributed by atoms with Gasteiger partial charge in [0, 0.05) is 58.2 Å². The van der Waals surface area contributed by atoms with E-state index in [4.69, 9.17) is 23.2 Å². The molecule has 0 atom stereocenters. The van der Waals surface area contributed by atoms with Crippen LogP contribution in [-0.4, -0.2) is 88.9 Å². The van der Waals surface area contributed by atoms with Crippen molar-refractivity contribution < 1.29 is 24.0 Å². The monoisotopic (exact) mass is 534 g/mol. The maximum atomic E-state index is 12.7. The zero-order valence-electron chi connectivity index (χ0n) is 19.8. The number of rotatable bonds is 5. The Hall–Kier alpha value is -2.91. The van der Waals surface area contributed by atoms with Crippen LogP contribution in [0.4, 0.5) is 0 Å². The molecule has 1 spiro atoms. The third-order valence-electron chi connectivity index (χ3n) is 7.06. The minimum Gasteiger partial charge on any atom is -0.343 e. The molecule has 1 aromatic rings. The molecule has 1 N–H and O–H groups in total. The number of amides is 4. The maximum Gasteiger partial charge on any atom is 0.246 e. The molecule has 36 heavy (non-hydrogen) atoms. The molecule has 3 fully saturated rings. The molecule has 4 rings (SSSR count). The van der Waals surface area contributed by atoms with Crippen LogP contribution in [0.1, 0.15) is 37.7 Å². The van der Waals surface area contributed by atoms with E-state index in [9.17, 15) is 24.0 Å². The normalized spacial score (nSPS) is 20.3. The van der Waals surface area contributed by atoms with Crippen LogP contribution >= 0.6 is 23.2 Å². The molecule has 0 unspecified atom stereocenters. The lowest BCUT2D eigenvalue weighted by Crippen LogP contribution is -2.55. The van der Waals surface area contributed by atoms with Gasteiger partial charge < -0.3 is 20.0 Å². The maximum absolute atomic E-state index is 12.7. The van der Waals surface area contributed by atoms with Gasteiger partial charge in [-0.2, -0.15) is 0 Å². The predicted octanol–water partition coefficient (Wildman–Crippen LogP) is 1.91. The molecule has 4 amide bonds. The molecule has 11 heteroatoms. The van der Waals surface area contributed by atoms with Crippen molar-refractivity contribution in [3.8, 4) is 0 Å². The molecule has 0 bridgehead atoms. The van der Waals surface area contributed by atoms with Gasteiger partial charge in [-0.15, -0.1) is 0 Å². The van der Waals surface area contributed by atoms with Crippen molar-refractivity contribution in [3.63, 3.8) is 0 Å². The molecule has 0 saturated carbocycles. The average molecular weight is 535 g/mol. The van der Waals surface area contributed by atoms with Crippen molar-refractivity contribution in [2.75, 3.05) is 39.3 Å². The molecule has 3 saturated heterocycles. The quantitative estimate of drug-likeness (QED) is 0.458. The highest BCUT2D eigenvalue weighted by atomic mass is 35.5.